The van der Waals surface area contributed by atoms with E-state index >= 15 is 0 Å². The van der Waals surface area contributed by atoms with Gasteiger partial charge in [-0.3, -0.25) is 4.90 Å². The molecule has 3 rings (SSSR count). The SMILES string of the molecule is CCn1cc(S(=O)(=O)N2CCC(N3CCNCC3)C2)c([N+](=O)[O-])n1.Cl. The Morgan fingerprint density at radius 3 is 2.64 bits per heavy atom. The third-order valence-corrected chi connectivity index (χ3v) is 6.47. The van der Waals surface area contributed by atoms with Crippen LogP contribution in [0.25, 0.3) is 0 Å². The van der Waals surface area contributed by atoms with Crippen molar-refractivity contribution in [3.63, 3.8) is 0 Å². The lowest BCUT2D eigenvalue weighted by atomic mass is 10.2. The summed E-state index contributed by atoms with van der Waals surface area (Å²) < 4.78 is 28.3. The van der Waals surface area contributed by atoms with E-state index in [1.54, 1.807) is 6.92 Å². The molecule has 12 heteroatoms. The van der Waals surface area contributed by atoms with Crippen LogP contribution in [0.4, 0.5) is 5.82 Å². The van der Waals surface area contributed by atoms with Crippen LogP contribution in [0.2, 0.25) is 0 Å². The molecule has 1 aromatic rings. The van der Waals surface area contributed by atoms with Gasteiger partial charge in [-0.15, -0.1) is 12.4 Å². The molecule has 0 aromatic carbocycles. The fraction of sp³-hybridized carbons (Fsp3) is 0.769. The van der Waals surface area contributed by atoms with Crippen LogP contribution in [-0.4, -0.2) is 77.6 Å². The van der Waals surface area contributed by atoms with Crippen molar-refractivity contribution in [2.75, 3.05) is 39.3 Å². The van der Waals surface area contributed by atoms with Crippen LogP contribution in [0, 0.1) is 10.1 Å². The maximum Gasteiger partial charge on any atom is 0.410 e. The molecule has 2 saturated heterocycles. The number of aryl methyl sites for hydroxylation is 1. The molecule has 25 heavy (non-hydrogen) atoms. The number of nitro groups is 1. The predicted octanol–water partition coefficient (Wildman–Crippen LogP) is -0.0988. The summed E-state index contributed by atoms with van der Waals surface area (Å²) in [5, 5.41) is 18.2. The molecular weight excluding hydrogens is 372 g/mol. The fourth-order valence-electron chi connectivity index (χ4n) is 3.28. The van der Waals surface area contributed by atoms with Crippen LogP contribution in [0.15, 0.2) is 11.1 Å². The molecular formula is C13H23ClN6O4S. The molecule has 1 atom stereocenters. The standard InChI is InChI=1S/C13H22N6O4S.ClH/c1-2-17-10-12(13(15-17)19(20)21)24(22,23)18-6-3-11(9-18)16-7-4-14-5-8-16;/h10-11,14H,2-9H2,1H3;1H. The van der Waals surface area contributed by atoms with Gasteiger partial charge in [0, 0.05) is 45.3 Å². The molecule has 0 amide bonds. The second kappa shape index (κ2) is 7.96. The van der Waals surface area contributed by atoms with Gasteiger partial charge in [0.2, 0.25) is 4.90 Å². The minimum absolute atomic E-state index is 0. The van der Waals surface area contributed by atoms with Gasteiger partial charge in [-0.1, -0.05) is 0 Å². The molecule has 3 heterocycles. The monoisotopic (exact) mass is 394 g/mol. The molecule has 10 nitrogen and oxygen atoms in total. The summed E-state index contributed by atoms with van der Waals surface area (Å²) in [6, 6.07) is 0.169. The van der Waals surface area contributed by atoms with E-state index in [0.29, 0.717) is 19.6 Å². The lowest BCUT2D eigenvalue weighted by Crippen LogP contribution is -2.49. The van der Waals surface area contributed by atoms with Gasteiger partial charge in [0.15, 0.2) is 0 Å². The van der Waals surface area contributed by atoms with E-state index in [9.17, 15) is 18.5 Å². The lowest BCUT2D eigenvalue weighted by Gasteiger charge is -2.32. The minimum Gasteiger partial charge on any atom is -0.358 e. The van der Waals surface area contributed by atoms with Crippen molar-refractivity contribution in [3.05, 3.63) is 16.3 Å². The number of nitrogens with one attached hydrogen (secondary N) is 1. The van der Waals surface area contributed by atoms with Crippen LogP contribution >= 0.6 is 12.4 Å². The molecule has 1 unspecified atom stereocenters. The van der Waals surface area contributed by atoms with E-state index < -0.39 is 20.8 Å². The largest absolute Gasteiger partial charge is 0.410 e. The first-order valence-electron chi connectivity index (χ1n) is 8.10. The number of aromatic nitrogens is 2. The minimum atomic E-state index is -3.91. The molecule has 2 fully saturated rings. The Hall–Kier alpha value is -1.27. The van der Waals surface area contributed by atoms with Crippen LogP contribution in [-0.2, 0) is 16.6 Å². The van der Waals surface area contributed by atoms with E-state index in [2.05, 4.69) is 15.3 Å². The van der Waals surface area contributed by atoms with Crippen molar-refractivity contribution in [1.82, 2.24) is 24.3 Å². The van der Waals surface area contributed by atoms with Gasteiger partial charge >= 0.3 is 5.82 Å². The maximum absolute atomic E-state index is 12.9. The number of piperazine rings is 1. The van der Waals surface area contributed by atoms with Gasteiger partial charge in [0.1, 0.15) is 0 Å². The van der Waals surface area contributed by atoms with Crippen molar-refractivity contribution in [3.8, 4) is 0 Å². The Morgan fingerprint density at radius 2 is 2.04 bits per heavy atom. The molecule has 1 aromatic heterocycles. The smallest absolute Gasteiger partial charge is 0.358 e. The summed E-state index contributed by atoms with van der Waals surface area (Å²) in [5.41, 5.74) is 0. The predicted molar refractivity (Wildman–Crippen MR) is 93.4 cm³/mol. The summed E-state index contributed by atoms with van der Waals surface area (Å²) >= 11 is 0. The molecule has 0 spiro atoms. The maximum atomic E-state index is 12.9. The van der Waals surface area contributed by atoms with Crippen molar-refractivity contribution < 1.29 is 13.3 Å². The highest BCUT2D eigenvalue weighted by Crippen LogP contribution is 2.29. The highest BCUT2D eigenvalue weighted by atomic mass is 35.5. The average Bonchev–Trinajstić information content (AvgIpc) is 3.23. The van der Waals surface area contributed by atoms with Crippen LogP contribution in [0.5, 0.6) is 0 Å². The van der Waals surface area contributed by atoms with Crippen molar-refractivity contribution >= 4 is 28.2 Å². The van der Waals surface area contributed by atoms with E-state index in [-0.39, 0.29) is 23.3 Å². The molecule has 142 valence electrons. The molecule has 2 aliphatic heterocycles. The van der Waals surface area contributed by atoms with E-state index in [1.807, 2.05) is 0 Å². The highest BCUT2D eigenvalue weighted by Gasteiger charge is 2.40. The van der Waals surface area contributed by atoms with Crippen molar-refractivity contribution in [2.45, 2.75) is 30.8 Å². The van der Waals surface area contributed by atoms with E-state index in [0.717, 1.165) is 32.6 Å². The number of halogens is 1. The van der Waals surface area contributed by atoms with Gasteiger partial charge in [-0.2, -0.15) is 8.99 Å². The number of sulfonamides is 1. The summed E-state index contributed by atoms with van der Waals surface area (Å²) in [7, 11) is -3.91. The summed E-state index contributed by atoms with van der Waals surface area (Å²) in [5.74, 6) is -0.595. The summed E-state index contributed by atoms with van der Waals surface area (Å²) in [6.45, 7) is 6.47. The number of nitrogens with zero attached hydrogens (tertiary/aromatic N) is 5. The first kappa shape index (κ1) is 20.0. The zero-order valence-corrected chi connectivity index (χ0v) is 15.6. The molecule has 0 aliphatic carbocycles. The summed E-state index contributed by atoms with van der Waals surface area (Å²) in [6.07, 6.45) is 2.00. The number of rotatable bonds is 5. The zero-order chi connectivity index (χ0) is 17.3. The Kier molecular flexibility index (Phi) is 6.38. The highest BCUT2D eigenvalue weighted by molar-refractivity contribution is 7.89. The Morgan fingerprint density at radius 1 is 1.36 bits per heavy atom. The average molecular weight is 395 g/mol. The Labute approximate surface area is 152 Å². The van der Waals surface area contributed by atoms with Crippen molar-refractivity contribution in [2.24, 2.45) is 0 Å². The van der Waals surface area contributed by atoms with Crippen LogP contribution in [0.3, 0.4) is 0 Å². The first-order valence-corrected chi connectivity index (χ1v) is 9.54. The molecule has 0 radical (unpaired) electrons. The second-order valence-electron chi connectivity index (χ2n) is 6.02. The van der Waals surface area contributed by atoms with Gasteiger partial charge in [-0.25, -0.2) is 8.42 Å². The van der Waals surface area contributed by atoms with Crippen LogP contribution in [0.1, 0.15) is 13.3 Å². The van der Waals surface area contributed by atoms with Gasteiger partial charge in [0.25, 0.3) is 10.0 Å². The normalized spacial score (nSPS) is 22.7. The third-order valence-electron chi connectivity index (χ3n) is 4.62. The third kappa shape index (κ3) is 3.95. The molecule has 0 saturated carbocycles. The topological polar surface area (TPSA) is 114 Å². The van der Waals surface area contributed by atoms with Gasteiger partial charge in [-0.05, 0) is 18.3 Å². The molecule has 0 bridgehead atoms. The lowest BCUT2D eigenvalue weighted by molar-refractivity contribution is -0.392. The first-order chi connectivity index (χ1) is 11.4. The number of hydrogen-bond acceptors (Lipinski definition) is 7. The zero-order valence-electron chi connectivity index (χ0n) is 14.0. The van der Waals surface area contributed by atoms with E-state index in [4.69, 9.17) is 0 Å². The molecule has 2 aliphatic rings. The van der Waals surface area contributed by atoms with Crippen molar-refractivity contribution in [1.29, 1.82) is 0 Å². The second-order valence-corrected chi connectivity index (χ2v) is 7.93. The van der Waals surface area contributed by atoms with Crippen LogP contribution < -0.4 is 5.32 Å². The quantitative estimate of drug-likeness (QED) is 0.548. The fourth-order valence-corrected chi connectivity index (χ4v) is 4.87. The van der Waals surface area contributed by atoms with Gasteiger partial charge < -0.3 is 15.4 Å². The van der Waals surface area contributed by atoms with E-state index in [1.165, 1.54) is 15.2 Å². The number of hydrogen-bond donors (Lipinski definition) is 1. The Bertz CT molecular complexity index is 718. The summed E-state index contributed by atoms with van der Waals surface area (Å²) in [4.78, 5) is 12.4. The Balaban J connectivity index is 0.00000225. The molecule has 1 N–H and O–H groups in total. The van der Waals surface area contributed by atoms with Gasteiger partial charge in [0.05, 0.1) is 17.8 Å².